The summed E-state index contributed by atoms with van der Waals surface area (Å²) in [6.07, 6.45) is 10.3. The molecule has 0 unspecified atom stereocenters. The number of carbonyl (C=O) groups is 3. The van der Waals surface area contributed by atoms with Gasteiger partial charge in [0.2, 0.25) is 0 Å². The average molecular weight is 1180 g/mol. The number of nitrogens with zero attached hydrogens (tertiary/aromatic N) is 8. The molecule has 24 heteroatoms. The van der Waals surface area contributed by atoms with Crippen LogP contribution in [-0.2, 0) is 19.6 Å². The maximum Gasteiger partial charge on any atom is 0.337 e. The zero-order chi connectivity index (χ0) is 58.5. The Labute approximate surface area is 475 Å². The standard InChI is InChI=1S/C18H15FN4O.C18H17FN4.C11H7BrFN3O.C6H6N2O2.C5H5FN2/c19-15-7-9-17(22-12-15)23-18(24)14-6-8-16(21-11-14)20-10-13-4-2-1-3-5-13;19-16-7-9-18(23-13-16)22-12-15-6-8-17(21-11-15)20-10-14-4-2-1-3-5-14;12-9-3-1-7(5-14-9)11(17)16-10-4-2-8(13)6-15-10;7-5-2-1-4(3-8-5)6(9)10;6-4-1-2-5(7)8-3-4/h1-9,11-12H,10H2,(H,20,21)(H,22,23,24);1-9,11,13H,10,12H2,(H,20,21)(H,22,23);1-6H,(H,15,16,17);1-3H,(H2,7,8)(H,9,10);1-3H,(H2,7,8). The highest BCUT2D eigenvalue weighted by Crippen LogP contribution is 2.14. The van der Waals surface area contributed by atoms with E-state index in [9.17, 15) is 31.9 Å². The maximum atomic E-state index is 12.8. The van der Waals surface area contributed by atoms with Gasteiger partial charge in [-0.1, -0.05) is 66.7 Å². The Morgan fingerprint density at radius 2 is 0.732 bits per heavy atom. The van der Waals surface area contributed by atoms with Gasteiger partial charge in [0.15, 0.2) is 0 Å². The van der Waals surface area contributed by atoms with Crippen molar-refractivity contribution in [3.63, 3.8) is 0 Å². The first-order valence-corrected chi connectivity index (χ1v) is 25.0. The van der Waals surface area contributed by atoms with Gasteiger partial charge in [0.05, 0.1) is 41.5 Å². The Kier molecular flexibility index (Phi) is 23.8. The number of pyridine rings is 8. The Morgan fingerprint density at radius 1 is 0.378 bits per heavy atom. The van der Waals surface area contributed by atoms with Crippen LogP contribution in [0.25, 0.3) is 0 Å². The number of hydrogen-bond acceptors (Lipinski definition) is 16. The summed E-state index contributed by atoms with van der Waals surface area (Å²) >= 11 is 3.17. The number of amides is 2. The van der Waals surface area contributed by atoms with Crippen molar-refractivity contribution in [2.24, 2.45) is 0 Å². The Hall–Kier alpha value is -10.8. The number of nitrogens with one attached hydrogen (secondary N) is 5. The molecule has 0 bridgehead atoms. The van der Waals surface area contributed by atoms with Crippen molar-refractivity contribution in [3.8, 4) is 0 Å². The van der Waals surface area contributed by atoms with Crippen LogP contribution < -0.4 is 38.1 Å². The molecule has 82 heavy (non-hydrogen) atoms. The second-order valence-corrected chi connectivity index (χ2v) is 17.4. The van der Waals surface area contributed by atoms with Gasteiger partial charge in [0, 0.05) is 44.4 Å². The van der Waals surface area contributed by atoms with Crippen LogP contribution in [-0.4, -0.2) is 62.8 Å². The third-order valence-electron chi connectivity index (χ3n) is 10.4. The normalized spacial score (nSPS) is 9.96. The van der Waals surface area contributed by atoms with Gasteiger partial charge in [-0.05, 0) is 124 Å². The Balaban J connectivity index is 0.000000173. The first-order valence-electron chi connectivity index (χ1n) is 24.3. The monoisotopic (exact) mass is 1180 g/mol. The molecule has 416 valence electrons. The minimum Gasteiger partial charge on any atom is -0.478 e. The molecule has 0 saturated carbocycles. The molecule has 8 heterocycles. The Bertz CT molecular complexity index is 3500. The summed E-state index contributed by atoms with van der Waals surface area (Å²) in [6.45, 7) is 1.98. The minimum atomic E-state index is -0.993. The number of halogens is 5. The molecule has 0 spiro atoms. The smallest absolute Gasteiger partial charge is 0.337 e. The summed E-state index contributed by atoms with van der Waals surface area (Å²) in [5, 5.41) is 23.1. The number of aromatic nitrogens is 8. The summed E-state index contributed by atoms with van der Waals surface area (Å²) in [5.41, 5.74) is 14.7. The van der Waals surface area contributed by atoms with Gasteiger partial charge in [0.1, 0.15) is 68.6 Å². The van der Waals surface area contributed by atoms with Gasteiger partial charge in [-0.3, -0.25) is 9.59 Å². The summed E-state index contributed by atoms with van der Waals surface area (Å²) in [5.74, 6) is 0.0869. The number of carboxylic acid groups (broad SMARTS) is 1. The van der Waals surface area contributed by atoms with Crippen LogP contribution in [0.5, 0.6) is 0 Å². The SMILES string of the molecule is Fc1ccc(NCc2ccc(NCc3ccccc3)nc2)nc1.Nc1ccc(C(=O)O)cn1.Nc1ccc(F)cn1.O=C(Nc1ccc(F)cn1)c1ccc(Br)nc1.O=C(Nc1ccc(F)cn1)c1ccc(NCc2ccccc2)nc1. The number of anilines is 7. The number of nitrogen functional groups attached to an aromatic ring is 2. The third-order valence-corrected chi connectivity index (χ3v) is 10.9. The number of nitrogens with two attached hydrogens (primary N) is 2. The highest BCUT2D eigenvalue weighted by atomic mass is 79.9. The van der Waals surface area contributed by atoms with Gasteiger partial charge < -0.3 is 43.2 Å². The number of hydrogen-bond donors (Lipinski definition) is 8. The van der Waals surface area contributed by atoms with E-state index < -0.39 is 17.6 Å². The fourth-order valence-corrected chi connectivity index (χ4v) is 6.46. The lowest BCUT2D eigenvalue weighted by Crippen LogP contribution is -2.13. The zero-order valence-corrected chi connectivity index (χ0v) is 44.6. The molecule has 0 aliphatic carbocycles. The molecule has 0 aliphatic heterocycles. The van der Waals surface area contributed by atoms with Crippen LogP contribution >= 0.6 is 15.9 Å². The summed E-state index contributed by atoms with van der Waals surface area (Å²) in [4.78, 5) is 65.1. The van der Waals surface area contributed by atoms with E-state index in [-0.39, 0.29) is 34.8 Å². The fraction of sp³-hybridized carbons (Fsp3) is 0.0517. The van der Waals surface area contributed by atoms with Crippen LogP contribution in [0.4, 0.5) is 58.3 Å². The predicted molar refractivity (Wildman–Crippen MR) is 308 cm³/mol. The molecule has 0 fully saturated rings. The molecule has 2 amide bonds. The first kappa shape index (κ1) is 60.5. The van der Waals surface area contributed by atoms with Crippen molar-refractivity contribution in [1.29, 1.82) is 0 Å². The van der Waals surface area contributed by atoms with Crippen molar-refractivity contribution in [3.05, 3.63) is 269 Å². The van der Waals surface area contributed by atoms with Crippen molar-refractivity contribution >= 4 is 74.4 Å². The van der Waals surface area contributed by atoms with Crippen molar-refractivity contribution in [1.82, 2.24) is 39.9 Å². The lowest BCUT2D eigenvalue weighted by atomic mass is 10.2. The maximum absolute atomic E-state index is 12.8. The van der Waals surface area contributed by atoms with E-state index in [0.717, 1.165) is 42.1 Å². The van der Waals surface area contributed by atoms with Crippen LogP contribution in [0, 0.1) is 23.3 Å². The molecule has 8 aromatic heterocycles. The molecule has 10 rings (SSSR count). The molecule has 0 saturated heterocycles. The molecule has 2 aromatic carbocycles. The molecule has 0 atom stereocenters. The number of carboxylic acids is 1. The quantitative estimate of drug-likeness (QED) is 0.0371. The van der Waals surface area contributed by atoms with E-state index >= 15 is 0 Å². The van der Waals surface area contributed by atoms with Gasteiger partial charge >= 0.3 is 5.97 Å². The van der Waals surface area contributed by atoms with Gasteiger partial charge in [0.25, 0.3) is 11.8 Å². The van der Waals surface area contributed by atoms with Crippen LogP contribution in [0.15, 0.2) is 212 Å². The minimum absolute atomic E-state index is 0.147. The van der Waals surface area contributed by atoms with Crippen LogP contribution in [0.2, 0.25) is 0 Å². The number of aromatic carboxylic acids is 1. The second-order valence-electron chi connectivity index (χ2n) is 16.6. The topological polar surface area (TPSA) is 287 Å². The third kappa shape index (κ3) is 22.3. The van der Waals surface area contributed by atoms with Gasteiger partial charge in [-0.2, -0.15) is 0 Å². The van der Waals surface area contributed by atoms with Gasteiger partial charge in [-0.15, -0.1) is 0 Å². The van der Waals surface area contributed by atoms with Crippen molar-refractivity contribution in [2.75, 3.05) is 38.1 Å². The summed E-state index contributed by atoms with van der Waals surface area (Å²) in [7, 11) is 0. The van der Waals surface area contributed by atoms with E-state index in [2.05, 4.69) is 94.5 Å². The van der Waals surface area contributed by atoms with Crippen molar-refractivity contribution < 1.29 is 37.1 Å². The van der Waals surface area contributed by atoms with E-state index in [4.69, 9.17) is 16.6 Å². The molecule has 10 N–H and O–H groups in total. The molecule has 0 aliphatic rings. The lowest BCUT2D eigenvalue weighted by Gasteiger charge is -2.08. The zero-order valence-electron chi connectivity index (χ0n) is 43.0. The van der Waals surface area contributed by atoms with Crippen molar-refractivity contribution in [2.45, 2.75) is 19.6 Å². The van der Waals surface area contributed by atoms with E-state index in [1.807, 2.05) is 66.9 Å². The first-order chi connectivity index (χ1) is 39.6. The molecule has 0 radical (unpaired) electrons. The van der Waals surface area contributed by atoms with E-state index in [1.165, 1.54) is 84.9 Å². The highest BCUT2D eigenvalue weighted by Gasteiger charge is 2.09. The molecule has 19 nitrogen and oxygen atoms in total. The average Bonchev–Trinajstić information content (AvgIpc) is 3.55. The number of carbonyl (C=O) groups excluding carboxylic acids is 2. The predicted octanol–water partition coefficient (Wildman–Crippen LogP) is 11.1. The molecular formula is C58H50BrF4N15O4. The number of benzene rings is 2. The second kappa shape index (κ2) is 32.2. The fourth-order valence-electron chi connectivity index (χ4n) is 6.22. The summed E-state index contributed by atoms with van der Waals surface area (Å²) in [6, 6.07) is 44.5. The molecule has 10 aromatic rings. The van der Waals surface area contributed by atoms with Crippen LogP contribution in [0.3, 0.4) is 0 Å². The van der Waals surface area contributed by atoms with Gasteiger partial charge in [-0.25, -0.2) is 62.2 Å². The van der Waals surface area contributed by atoms with E-state index in [1.54, 1.807) is 30.3 Å². The highest BCUT2D eigenvalue weighted by molar-refractivity contribution is 9.10. The number of rotatable bonds is 14. The molecular weight excluding hydrogens is 1130 g/mol. The largest absolute Gasteiger partial charge is 0.478 e. The lowest BCUT2D eigenvalue weighted by molar-refractivity contribution is 0.0696. The summed E-state index contributed by atoms with van der Waals surface area (Å²) < 4.78 is 50.8. The van der Waals surface area contributed by atoms with E-state index in [0.29, 0.717) is 57.9 Å². The Morgan fingerprint density at radius 3 is 1.09 bits per heavy atom. The van der Waals surface area contributed by atoms with Crippen LogP contribution in [0.1, 0.15) is 47.8 Å².